The number of fused-ring (bicyclic) bond motifs is 2. The average molecular weight is 437 g/mol. The Balaban J connectivity index is 1.55. The molecule has 1 aromatic carbocycles. The molecule has 2 unspecified atom stereocenters. The van der Waals surface area contributed by atoms with Crippen LogP contribution in [0.1, 0.15) is 25.5 Å². The Morgan fingerprint density at radius 1 is 1.25 bits per heavy atom. The first kappa shape index (κ1) is 20.3. The van der Waals surface area contributed by atoms with Gasteiger partial charge in [0.2, 0.25) is 5.78 Å². The summed E-state index contributed by atoms with van der Waals surface area (Å²) in [5.74, 6) is -1.00. The number of hydrogen-bond donors (Lipinski definition) is 2. The molecule has 2 aliphatic heterocycles. The minimum atomic E-state index is -0.999. The number of aromatic nitrogens is 4. The Hall–Kier alpha value is -3.66. The predicted octanol–water partition coefficient (Wildman–Crippen LogP) is 3.12. The molecule has 1 fully saturated rings. The number of benzene rings is 1. The van der Waals surface area contributed by atoms with Crippen molar-refractivity contribution >= 4 is 22.8 Å². The largest absolute Gasteiger partial charge is 0.353 e. The molecule has 0 radical (unpaired) electrons. The Labute approximate surface area is 182 Å². The fraction of sp³-hybridized carbons (Fsp3) is 0.273. The molecule has 0 bridgehead atoms. The molecule has 2 aliphatic rings. The molecule has 3 aromatic rings. The number of nitrogens with one attached hydrogen (secondary N) is 2. The highest BCUT2D eigenvalue weighted by atomic mass is 19.1. The molecular weight excluding hydrogens is 416 g/mol. The molecule has 0 saturated carbocycles. The van der Waals surface area contributed by atoms with Gasteiger partial charge in [-0.25, -0.2) is 23.7 Å². The maximum absolute atomic E-state index is 14.8. The number of carbonyl (C=O) groups is 1. The summed E-state index contributed by atoms with van der Waals surface area (Å²) in [6.45, 7) is 4.66. The van der Waals surface area contributed by atoms with Gasteiger partial charge in [0.15, 0.2) is 11.5 Å². The van der Waals surface area contributed by atoms with E-state index in [0.29, 0.717) is 35.9 Å². The molecule has 10 heteroatoms. The molecule has 5 rings (SSSR count). The maximum Gasteiger partial charge on any atom is 0.200 e. The van der Waals surface area contributed by atoms with Crippen LogP contribution in [-0.2, 0) is 4.79 Å². The van der Waals surface area contributed by atoms with Crippen LogP contribution in [0.5, 0.6) is 0 Å². The third-order valence-electron chi connectivity index (χ3n) is 5.82. The number of halogens is 2. The molecule has 2 atom stereocenters. The number of carbonyl (C=O) groups excluding carboxylic acids is 1. The second-order valence-electron chi connectivity index (χ2n) is 7.93. The van der Waals surface area contributed by atoms with E-state index in [4.69, 9.17) is 0 Å². The van der Waals surface area contributed by atoms with Gasteiger partial charge in [-0.05, 0) is 38.1 Å². The maximum atomic E-state index is 14.8. The van der Waals surface area contributed by atoms with Crippen LogP contribution in [0.3, 0.4) is 0 Å². The van der Waals surface area contributed by atoms with Crippen molar-refractivity contribution in [2.45, 2.75) is 26.1 Å². The molecule has 1 saturated heterocycles. The molecule has 2 N–H and O–H groups in total. The van der Waals surface area contributed by atoms with Gasteiger partial charge in [-0.2, -0.15) is 0 Å². The van der Waals surface area contributed by atoms with Crippen molar-refractivity contribution in [1.82, 2.24) is 29.7 Å². The van der Waals surface area contributed by atoms with E-state index in [1.54, 1.807) is 11.0 Å². The molecular formula is C22H21F2N7O. The number of anilines is 1. The molecule has 2 aromatic heterocycles. The lowest BCUT2D eigenvalue weighted by atomic mass is 9.93. The zero-order chi connectivity index (χ0) is 22.4. The van der Waals surface area contributed by atoms with Crippen LogP contribution in [0.15, 0.2) is 54.3 Å². The Kier molecular flexibility index (Phi) is 4.93. The lowest BCUT2D eigenvalue weighted by Crippen LogP contribution is -2.56. The smallest absolute Gasteiger partial charge is 0.200 e. The van der Waals surface area contributed by atoms with Crippen molar-refractivity contribution in [1.29, 1.82) is 0 Å². The number of ketones is 1. The molecule has 32 heavy (non-hydrogen) atoms. The number of imidazole rings is 1. The van der Waals surface area contributed by atoms with Crippen LogP contribution in [0.4, 0.5) is 14.6 Å². The predicted molar refractivity (Wildman–Crippen MR) is 114 cm³/mol. The van der Waals surface area contributed by atoms with Gasteiger partial charge in [-0.1, -0.05) is 11.6 Å². The molecule has 8 nitrogen and oxygen atoms in total. The van der Waals surface area contributed by atoms with Crippen LogP contribution < -0.4 is 5.32 Å². The van der Waals surface area contributed by atoms with Gasteiger partial charge in [0.1, 0.15) is 29.5 Å². The van der Waals surface area contributed by atoms with E-state index in [2.05, 4.69) is 25.3 Å². The topological polar surface area (TPSA) is 90.0 Å². The lowest BCUT2D eigenvalue weighted by molar-refractivity contribution is -0.128. The molecule has 0 aliphatic carbocycles. The Bertz CT molecular complexity index is 1270. The van der Waals surface area contributed by atoms with Crippen molar-refractivity contribution in [3.8, 4) is 0 Å². The van der Waals surface area contributed by atoms with E-state index in [9.17, 15) is 13.6 Å². The van der Waals surface area contributed by atoms with Crippen molar-refractivity contribution in [2.75, 3.05) is 18.5 Å². The van der Waals surface area contributed by atoms with E-state index < -0.39 is 23.8 Å². The fourth-order valence-electron chi connectivity index (χ4n) is 4.19. The highest BCUT2D eigenvalue weighted by Crippen LogP contribution is 2.36. The molecule has 0 amide bonds. The van der Waals surface area contributed by atoms with Crippen LogP contribution in [0.25, 0.3) is 11.2 Å². The number of hydrogen-bond acceptors (Lipinski definition) is 7. The van der Waals surface area contributed by atoms with Gasteiger partial charge >= 0.3 is 0 Å². The standard InChI is InChI=1S/C22H21F2N7O/c1-12-5-6-30-11-31(13(2)29-22-18-21(26-9-25-18)27-10-28-22)19(20(32)17(30)7-12)15-8-14(23)3-4-16(15)24/h3-5,7-10,13,19H,6,11H2,1-2H3,(H2,25,26,27,28,29). The highest BCUT2D eigenvalue weighted by molar-refractivity contribution is 6.01. The summed E-state index contributed by atoms with van der Waals surface area (Å²) >= 11 is 0. The minimum absolute atomic E-state index is 0.00535. The first-order valence-corrected chi connectivity index (χ1v) is 10.2. The third kappa shape index (κ3) is 3.42. The lowest BCUT2D eigenvalue weighted by Gasteiger charge is -2.46. The van der Waals surface area contributed by atoms with Crippen LogP contribution >= 0.6 is 0 Å². The number of H-pyrrole nitrogens is 1. The first-order valence-electron chi connectivity index (χ1n) is 10.2. The Morgan fingerprint density at radius 2 is 2.09 bits per heavy atom. The summed E-state index contributed by atoms with van der Waals surface area (Å²) in [4.78, 5) is 32.8. The van der Waals surface area contributed by atoms with Crippen LogP contribution in [-0.4, -0.2) is 54.9 Å². The summed E-state index contributed by atoms with van der Waals surface area (Å²) in [6, 6.07) is 2.20. The molecule has 164 valence electrons. The van der Waals surface area contributed by atoms with Crippen molar-refractivity contribution in [2.24, 2.45) is 0 Å². The normalized spacial score (nSPS) is 20.1. The summed E-state index contributed by atoms with van der Waals surface area (Å²) in [5.41, 5.74) is 2.59. The quantitative estimate of drug-likeness (QED) is 0.648. The van der Waals surface area contributed by atoms with E-state index in [-0.39, 0.29) is 11.3 Å². The second-order valence-corrected chi connectivity index (χ2v) is 7.93. The van der Waals surface area contributed by atoms with E-state index in [1.807, 2.05) is 24.8 Å². The molecule has 0 spiro atoms. The molecule has 4 heterocycles. The first-order chi connectivity index (χ1) is 15.4. The number of allylic oxidation sites excluding steroid dienone is 2. The van der Waals surface area contributed by atoms with Crippen LogP contribution in [0.2, 0.25) is 0 Å². The number of rotatable bonds is 4. The monoisotopic (exact) mass is 437 g/mol. The number of aromatic amines is 1. The van der Waals surface area contributed by atoms with Gasteiger partial charge in [-0.15, -0.1) is 0 Å². The summed E-state index contributed by atoms with van der Waals surface area (Å²) < 4.78 is 28.9. The summed E-state index contributed by atoms with van der Waals surface area (Å²) in [5, 5.41) is 3.27. The van der Waals surface area contributed by atoms with Gasteiger partial charge in [-0.3, -0.25) is 9.69 Å². The second kappa shape index (κ2) is 7.79. The summed E-state index contributed by atoms with van der Waals surface area (Å²) in [6.07, 6.45) is 6.27. The number of nitrogens with zero attached hydrogens (tertiary/aromatic N) is 5. The van der Waals surface area contributed by atoms with Gasteiger partial charge in [0.25, 0.3) is 0 Å². The van der Waals surface area contributed by atoms with Crippen molar-refractivity contribution in [3.05, 3.63) is 71.5 Å². The zero-order valence-corrected chi connectivity index (χ0v) is 17.5. The van der Waals surface area contributed by atoms with E-state index in [0.717, 1.165) is 23.8 Å². The van der Waals surface area contributed by atoms with Gasteiger partial charge in [0, 0.05) is 12.1 Å². The van der Waals surface area contributed by atoms with Crippen LogP contribution in [0, 0.1) is 11.6 Å². The van der Waals surface area contributed by atoms with E-state index >= 15 is 0 Å². The highest BCUT2D eigenvalue weighted by Gasteiger charge is 2.42. The third-order valence-corrected chi connectivity index (χ3v) is 5.82. The van der Waals surface area contributed by atoms with Gasteiger partial charge in [0.05, 0.1) is 24.9 Å². The van der Waals surface area contributed by atoms with Crippen molar-refractivity contribution in [3.63, 3.8) is 0 Å². The van der Waals surface area contributed by atoms with Crippen molar-refractivity contribution < 1.29 is 13.6 Å². The Morgan fingerprint density at radius 3 is 2.94 bits per heavy atom. The fourth-order valence-corrected chi connectivity index (χ4v) is 4.19. The SMILES string of the molecule is CC1=CCN2CN(C(C)Nc3ncnc4nc[nH]c34)C(c3cc(F)ccc3F)C(=O)C2=C1. The summed E-state index contributed by atoms with van der Waals surface area (Å²) in [7, 11) is 0. The minimum Gasteiger partial charge on any atom is -0.353 e. The van der Waals surface area contributed by atoms with E-state index in [1.165, 1.54) is 12.7 Å². The zero-order valence-electron chi connectivity index (χ0n) is 17.5. The van der Waals surface area contributed by atoms with Gasteiger partial charge < -0.3 is 15.2 Å². The number of Topliss-reactive ketones (excluding diaryl/α,β-unsaturated/α-hetero) is 1. The average Bonchev–Trinajstić information content (AvgIpc) is 3.26.